The average molecular weight is 328 g/mol. The standard InChI is InChI=1S/C13H16N2O6S/c1-14-6(2-3-9(14)17)4-8-11(21-13(19)20)15-10(18)7(5-16)12(15)22-8/h6-7,12,16H,2-5H2,1H3,(H,19,20)/t6-,7+,12-/m1/s1. The van der Waals surface area contributed by atoms with Crippen molar-refractivity contribution in [1.29, 1.82) is 0 Å². The Bertz CT molecular complexity index is 577. The summed E-state index contributed by atoms with van der Waals surface area (Å²) in [6, 6.07) is -0.0243. The second kappa shape index (κ2) is 5.47. The van der Waals surface area contributed by atoms with Crippen LogP contribution < -0.4 is 0 Å². The van der Waals surface area contributed by atoms with Crippen LogP contribution >= 0.6 is 11.8 Å². The van der Waals surface area contributed by atoms with Crippen LogP contribution in [-0.2, 0) is 14.3 Å². The molecule has 3 aliphatic rings. The third kappa shape index (κ3) is 2.24. The lowest BCUT2D eigenvalue weighted by molar-refractivity contribution is -0.152. The average Bonchev–Trinajstić information content (AvgIpc) is 2.92. The second-order valence-corrected chi connectivity index (χ2v) is 6.71. The molecule has 0 aromatic heterocycles. The molecular weight excluding hydrogens is 312 g/mol. The fourth-order valence-electron chi connectivity index (χ4n) is 3.01. The molecule has 2 amide bonds. The summed E-state index contributed by atoms with van der Waals surface area (Å²) in [4.78, 5) is 38.0. The molecule has 3 rings (SSSR count). The number of β-lactam (4-membered cyclic amide) rings is 1. The number of aliphatic hydroxyl groups excluding tert-OH is 1. The van der Waals surface area contributed by atoms with Crippen molar-refractivity contribution in [3.8, 4) is 0 Å². The third-order valence-electron chi connectivity index (χ3n) is 4.31. The predicted octanol–water partition coefficient (Wildman–Crippen LogP) is 0.385. The number of hydrogen-bond donors (Lipinski definition) is 2. The molecule has 0 radical (unpaired) electrons. The van der Waals surface area contributed by atoms with Crippen molar-refractivity contribution in [2.24, 2.45) is 5.92 Å². The fraction of sp³-hybridized carbons (Fsp3) is 0.615. The smallest absolute Gasteiger partial charge is 0.449 e. The number of likely N-dealkylation sites (tertiary alicyclic amines) is 1. The minimum atomic E-state index is -1.48. The van der Waals surface area contributed by atoms with E-state index in [1.807, 2.05) is 0 Å². The van der Waals surface area contributed by atoms with Crippen molar-refractivity contribution in [2.45, 2.75) is 30.7 Å². The molecule has 2 N–H and O–H groups in total. The molecule has 2 fully saturated rings. The van der Waals surface area contributed by atoms with Gasteiger partial charge in [0.15, 0.2) is 0 Å². The van der Waals surface area contributed by atoms with E-state index in [1.165, 1.54) is 16.7 Å². The molecule has 0 aromatic carbocycles. The van der Waals surface area contributed by atoms with Crippen LogP contribution in [0.15, 0.2) is 10.8 Å². The predicted molar refractivity (Wildman–Crippen MR) is 75.3 cm³/mol. The topological polar surface area (TPSA) is 107 Å². The van der Waals surface area contributed by atoms with Gasteiger partial charge in [-0.3, -0.25) is 14.5 Å². The summed E-state index contributed by atoms with van der Waals surface area (Å²) in [5.74, 6) is -0.772. The number of hydrogen-bond acceptors (Lipinski definition) is 6. The minimum absolute atomic E-state index is 0.0243. The lowest BCUT2D eigenvalue weighted by Crippen LogP contribution is -2.58. The van der Waals surface area contributed by atoms with Crippen molar-refractivity contribution in [3.63, 3.8) is 0 Å². The van der Waals surface area contributed by atoms with E-state index in [4.69, 9.17) is 9.84 Å². The summed E-state index contributed by atoms with van der Waals surface area (Å²) in [5, 5.41) is 17.8. The Morgan fingerprint density at radius 3 is 2.73 bits per heavy atom. The molecule has 22 heavy (non-hydrogen) atoms. The molecule has 3 atom stereocenters. The highest BCUT2D eigenvalue weighted by atomic mass is 32.2. The van der Waals surface area contributed by atoms with Gasteiger partial charge in [0.05, 0.1) is 17.4 Å². The number of carboxylic acid groups (broad SMARTS) is 1. The Kier molecular flexibility index (Phi) is 3.77. The van der Waals surface area contributed by atoms with Crippen molar-refractivity contribution in [2.75, 3.05) is 13.7 Å². The van der Waals surface area contributed by atoms with Gasteiger partial charge in [-0.1, -0.05) is 11.8 Å². The molecule has 0 unspecified atom stereocenters. The number of ether oxygens (including phenoxy) is 1. The molecule has 0 aliphatic carbocycles. The molecular formula is C13H16N2O6S. The molecule has 0 bridgehead atoms. The Morgan fingerprint density at radius 2 is 2.18 bits per heavy atom. The first-order valence-electron chi connectivity index (χ1n) is 6.94. The number of nitrogens with zero attached hydrogens (tertiary/aromatic N) is 2. The van der Waals surface area contributed by atoms with Crippen LogP contribution in [0.25, 0.3) is 0 Å². The number of thioether (sulfide) groups is 1. The summed E-state index contributed by atoms with van der Waals surface area (Å²) in [5.41, 5.74) is 0. The minimum Gasteiger partial charge on any atom is -0.449 e. The van der Waals surface area contributed by atoms with E-state index < -0.39 is 12.1 Å². The highest BCUT2D eigenvalue weighted by Crippen LogP contribution is 2.51. The van der Waals surface area contributed by atoms with E-state index in [0.717, 1.165) is 0 Å². The van der Waals surface area contributed by atoms with Gasteiger partial charge in [0, 0.05) is 25.9 Å². The zero-order valence-electron chi connectivity index (χ0n) is 11.9. The zero-order chi connectivity index (χ0) is 16.0. The van der Waals surface area contributed by atoms with Gasteiger partial charge in [0.25, 0.3) is 0 Å². The van der Waals surface area contributed by atoms with Crippen molar-refractivity contribution >= 4 is 29.7 Å². The molecule has 8 nitrogen and oxygen atoms in total. The molecule has 0 spiro atoms. The lowest BCUT2D eigenvalue weighted by atomic mass is 10.00. The Labute approximate surface area is 130 Å². The van der Waals surface area contributed by atoms with E-state index in [0.29, 0.717) is 24.2 Å². The normalized spacial score (nSPS) is 30.7. The molecule has 9 heteroatoms. The van der Waals surface area contributed by atoms with Crippen LogP contribution in [0, 0.1) is 5.92 Å². The number of rotatable bonds is 4. The Morgan fingerprint density at radius 1 is 1.45 bits per heavy atom. The largest absolute Gasteiger partial charge is 0.512 e. The number of carbonyl (C=O) groups is 3. The molecule has 3 heterocycles. The van der Waals surface area contributed by atoms with Gasteiger partial charge < -0.3 is 19.8 Å². The Hall–Kier alpha value is -1.74. The number of aliphatic hydroxyl groups is 1. The molecule has 3 aliphatic heterocycles. The van der Waals surface area contributed by atoms with Crippen molar-refractivity contribution in [3.05, 3.63) is 10.8 Å². The summed E-state index contributed by atoms with van der Waals surface area (Å²) < 4.78 is 4.79. The number of fused-ring (bicyclic) bond motifs is 1. The third-order valence-corrected chi connectivity index (χ3v) is 5.71. The maximum Gasteiger partial charge on any atom is 0.512 e. The van der Waals surface area contributed by atoms with E-state index in [-0.39, 0.29) is 35.7 Å². The summed E-state index contributed by atoms with van der Waals surface area (Å²) in [6.45, 7) is -0.275. The lowest BCUT2D eigenvalue weighted by Gasteiger charge is -2.40. The maximum atomic E-state index is 11.9. The number of amides is 2. The Balaban J connectivity index is 1.81. The molecule has 2 saturated heterocycles. The quantitative estimate of drug-likeness (QED) is 0.567. The van der Waals surface area contributed by atoms with Gasteiger partial charge in [-0.05, 0) is 6.42 Å². The molecule has 120 valence electrons. The molecule has 0 saturated carbocycles. The molecule has 0 aromatic rings. The first kappa shape index (κ1) is 15.2. The second-order valence-electron chi connectivity index (χ2n) is 5.50. The summed E-state index contributed by atoms with van der Waals surface area (Å²) >= 11 is 1.34. The maximum absolute atomic E-state index is 11.9. The first-order chi connectivity index (χ1) is 10.4. The van der Waals surface area contributed by atoms with Gasteiger partial charge in [-0.2, -0.15) is 0 Å². The van der Waals surface area contributed by atoms with Crippen molar-refractivity contribution < 1.29 is 29.3 Å². The van der Waals surface area contributed by atoms with Crippen LogP contribution in [0.5, 0.6) is 0 Å². The van der Waals surface area contributed by atoms with Crippen LogP contribution in [0.4, 0.5) is 4.79 Å². The van der Waals surface area contributed by atoms with Gasteiger partial charge in [0.2, 0.25) is 17.7 Å². The van der Waals surface area contributed by atoms with Crippen LogP contribution in [0.3, 0.4) is 0 Å². The fourth-order valence-corrected chi connectivity index (χ4v) is 4.51. The SMILES string of the molecule is CN1C(=O)CC[C@@H]1CC1=C(OC(=O)O)N2C(=O)[C@H](CO)[C@H]2S1. The van der Waals surface area contributed by atoms with Gasteiger partial charge in [0.1, 0.15) is 5.37 Å². The first-order valence-corrected chi connectivity index (χ1v) is 7.82. The number of carbonyl (C=O) groups excluding carboxylic acids is 2. The van der Waals surface area contributed by atoms with Crippen LogP contribution in [-0.4, -0.2) is 63.1 Å². The van der Waals surface area contributed by atoms with Crippen molar-refractivity contribution in [1.82, 2.24) is 9.80 Å². The van der Waals surface area contributed by atoms with E-state index >= 15 is 0 Å². The van der Waals surface area contributed by atoms with Gasteiger partial charge in [-0.15, -0.1) is 0 Å². The van der Waals surface area contributed by atoms with E-state index in [1.54, 1.807) is 11.9 Å². The van der Waals surface area contributed by atoms with Crippen LogP contribution in [0.2, 0.25) is 0 Å². The van der Waals surface area contributed by atoms with Gasteiger partial charge >= 0.3 is 6.16 Å². The zero-order valence-corrected chi connectivity index (χ0v) is 12.7. The monoisotopic (exact) mass is 328 g/mol. The van der Waals surface area contributed by atoms with Crippen LogP contribution in [0.1, 0.15) is 19.3 Å². The van der Waals surface area contributed by atoms with Gasteiger partial charge in [-0.25, -0.2) is 4.79 Å². The van der Waals surface area contributed by atoms with E-state index in [9.17, 15) is 19.5 Å². The summed E-state index contributed by atoms with van der Waals surface area (Å²) in [7, 11) is 1.72. The highest BCUT2D eigenvalue weighted by Gasteiger charge is 2.55. The highest BCUT2D eigenvalue weighted by molar-refractivity contribution is 8.04. The van der Waals surface area contributed by atoms with E-state index in [2.05, 4.69) is 0 Å². The summed E-state index contributed by atoms with van der Waals surface area (Å²) in [6.07, 6.45) is 0.139.